The van der Waals surface area contributed by atoms with E-state index in [2.05, 4.69) is 46.0 Å². The third-order valence-corrected chi connectivity index (χ3v) is 9.58. The number of aromatic amines is 3. The molecule has 3 heterocycles. The van der Waals surface area contributed by atoms with Gasteiger partial charge in [-0.1, -0.05) is 0 Å². The summed E-state index contributed by atoms with van der Waals surface area (Å²) in [5, 5.41) is 13.9. The molecule has 0 bridgehead atoms. The average molecular weight is 778 g/mol. The van der Waals surface area contributed by atoms with Crippen LogP contribution in [-0.2, 0) is 0 Å². The van der Waals surface area contributed by atoms with E-state index in [1.807, 2.05) is 0 Å². The van der Waals surface area contributed by atoms with Crippen molar-refractivity contribution in [3.05, 3.63) is 95.4 Å². The molecular formula is C40H51N13O4. The van der Waals surface area contributed by atoms with Crippen molar-refractivity contribution in [3.63, 3.8) is 0 Å². The molecule has 6 aromatic rings. The molecule has 0 spiro atoms. The number of hydrogen-bond acceptors (Lipinski definition) is 10. The SMILES string of the molecule is NCCN(CCN)CCNC(=O)c1cc2cc(NC(=O)c3ccc4[nH]c(C(=O)Nc5ccc6[nH]c(C(=O)NCCN(CCN)CCN)cc6c5)cc4c3)ccc2[nH]1. The Morgan fingerprint density at radius 3 is 1.28 bits per heavy atom. The van der Waals surface area contributed by atoms with Crippen molar-refractivity contribution in [1.82, 2.24) is 35.4 Å². The second-order valence-corrected chi connectivity index (χ2v) is 13.7. The summed E-state index contributed by atoms with van der Waals surface area (Å²) in [4.78, 5) is 65.8. The smallest absolute Gasteiger partial charge is 0.272 e. The van der Waals surface area contributed by atoms with E-state index in [0.717, 1.165) is 21.8 Å². The number of carbonyl (C=O) groups excluding carboxylic acids is 4. The van der Waals surface area contributed by atoms with Gasteiger partial charge in [0.25, 0.3) is 23.6 Å². The summed E-state index contributed by atoms with van der Waals surface area (Å²) < 4.78 is 0. The molecule has 4 amide bonds. The van der Waals surface area contributed by atoms with Crippen LogP contribution in [0.25, 0.3) is 32.7 Å². The number of aromatic nitrogens is 3. The lowest BCUT2D eigenvalue weighted by molar-refractivity contribution is 0.0936. The zero-order valence-corrected chi connectivity index (χ0v) is 31.8. The van der Waals surface area contributed by atoms with Gasteiger partial charge in [0.1, 0.15) is 17.1 Å². The highest BCUT2D eigenvalue weighted by molar-refractivity contribution is 6.10. The second-order valence-electron chi connectivity index (χ2n) is 13.7. The molecule has 17 heteroatoms. The molecule has 15 N–H and O–H groups in total. The topological polar surface area (TPSA) is 274 Å². The van der Waals surface area contributed by atoms with E-state index in [9.17, 15) is 19.2 Å². The van der Waals surface area contributed by atoms with Crippen molar-refractivity contribution in [2.24, 2.45) is 22.9 Å². The van der Waals surface area contributed by atoms with Crippen molar-refractivity contribution in [2.75, 3.05) is 89.2 Å². The monoisotopic (exact) mass is 777 g/mol. The Bertz CT molecular complexity index is 2210. The Labute approximate surface area is 329 Å². The lowest BCUT2D eigenvalue weighted by atomic mass is 10.1. The van der Waals surface area contributed by atoms with Gasteiger partial charge in [-0.2, -0.15) is 0 Å². The second kappa shape index (κ2) is 19.2. The molecule has 3 aromatic heterocycles. The average Bonchev–Trinajstić information content (AvgIpc) is 3.94. The first kappa shape index (κ1) is 40.6. The summed E-state index contributed by atoms with van der Waals surface area (Å²) in [6.45, 7) is 7.08. The van der Waals surface area contributed by atoms with E-state index < -0.39 is 0 Å². The number of amides is 4. The van der Waals surface area contributed by atoms with E-state index in [0.29, 0.717) is 123 Å². The predicted octanol–water partition coefficient (Wildman–Crippen LogP) is 1.53. The molecule has 300 valence electrons. The molecule has 0 aliphatic rings. The zero-order valence-electron chi connectivity index (χ0n) is 31.8. The normalized spacial score (nSPS) is 11.5. The first-order valence-corrected chi connectivity index (χ1v) is 19.0. The van der Waals surface area contributed by atoms with Gasteiger partial charge < -0.3 is 59.2 Å². The van der Waals surface area contributed by atoms with Crippen LogP contribution in [0.4, 0.5) is 11.4 Å². The van der Waals surface area contributed by atoms with Crippen LogP contribution >= 0.6 is 0 Å². The number of nitrogens with one attached hydrogen (secondary N) is 7. The van der Waals surface area contributed by atoms with Gasteiger partial charge in [0.15, 0.2) is 0 Å². The lowest BCUT2D eigenvalue weighted by Crippen LogP contribution is -2.39. The standard InChI is InChI=1S/C40H51N13O4/c41-7-13-52(14-8-42)17-11-45-38(55)34-23-27-20-29(2-5-32(27)49-34)47-37(54)25-1-4-31-26(19-25)22-36(51-31)40(57)48-30-3-6-33-28(21-30)24-35(50-33)39(56)46-12-18-53(15-9-43)16-10-44/h1-6,19-24,49-51H,7-18,41-44H2,(H,45,55)(H,46,56)(H,47,54)(H,48,57). The number of nitrogens with zero attached hydrogens (tertiary/aromatic N) is 2. The fourth-order valence-electron chi connectivity index (χ4n) is 6.71. The minimum Gasteiger partial charge on any atom is -0.351 e. The van der Waals surface area contributed by atoms with E-state index in [4.69, 9.17) is 22.9 Å². The third-order valence-electron chi connectivity index (χ3n) is 9.58. The van der Waals surface area contributed by atoms with Crippen LogP contribution in [0.3, 0.4) is 0 Å². The van der Waals surface area contributed by atoms with Gasteiger partial charge in [-0.3, -0.25) is 29.0 Å². The van der Waals surface area contributed by atoms with Crippen LogP contribution in [0.2, 0.25) is 0 Å². The predicted molar refractivity (Wildman–Crippen MR) is 225 cm³/mol. The fraction of sp³-hybridized carbons (Fsp3) is 0.300. The van der Waals surface area contributed by atoms with E-state index in [-0.39, 0.29) is 23.6 Å². The van der Waals surface area contributed by atoms with Crippen LogP contribution in [0, 0.1) is 0 Å². The summed E-state index contributed by atoms with van der Waals surface area (Å²) in [5.74, 6) is -1.16. The summed E-state index contributed by atoms with van der Waals surface area (Å²) in [7, 11) is 0. The molecule has 3 aromatic carbocycles. The number of rotatable bonds is 20. The maximum atomic E-state index is 13.3. The van der Waals surface area contributed by atoms with E-state index in [1.54, 1.807) is 72.8 Å². The minimum absolute atomic E-state index is 0.233. The Balaban J connectivity index is 1.04. The van der Waals surface area contributed by atoms with Crippen molar-refractivity contribution < 1.29 is 19.2 Å². The number of hydrogen-bond donors (Lipinski definition) is 11. The van der Waals surface area contributed by atoms with E-state index >= 15 is 0 Å². The number of fused-ring (bicyclic) bond motifs is 3. The number of carbonyl (C=O) groups is 4. The zero-order chi connectivity index (χ0) is 40.3. The van der Waals surface area contributed by atoms with Gasteiger partial charge in [-0.15, -0.1) is 0 Å². The molecule has 0 fully saturated rings. The molecule has 0 aliphatic heterocycles. The fourth-order valence-corrected chi connectivity index (χ4v) is 6.71. The lowest BCUT2D eigenvalue weighted by Gasteiger charge is -2.20. The van der Waals surface area contributed by atoms with Crippen molar-refractivity contribution >= 4 is 67.7 Å². The molecule has 0 atom stereocenters. The Morgan fingerprint density at radius 1 is 0.456 bits per heavy atom. The first-order chi connectivity index (χ1) is 27.7. The van der Waals surface area contributed by atoms with Gasteiger partial charge in [-0.05, 0) is 72.8 Å². The van der Waals surface area contributed by atoms with Crippen LogP contribution in [0.5, 0.6) is 0 Å². The molecule has 0 unspecified atom stereocenters. The van der Waals surface area contributed by atoms with Gasteiger partial charge >= 0.3 is 0 Å². The highest BCUT2D eigenvalue weighted by Crippen LogP contribution is 2.24. The third kappa shape index (κ3) is 10.4. The molecule has 0 aliphatic carbocycles. The maximum absolute atomic E-state index is 13.3. The number of nitrogens with two attached hydrogens (primary N) is 4. The first-order valence-electron chi connectivity index (χ1n) is 19.0. The molecule has 57 heavy (non-hydrogen) atoms. The van der Waals surface area contributed by atoms with E-state index in [1.165, 1.54) is 0 Å². The van der Waals surface area contributed by atoms with Crippen LogP contribution < -0.4 is 44.2 Å². The number of benzene rings is 3. The summed E-state index contributed by atoms with van der Waals surface area (Å²) in [6, 6.07) is 21.0. The number of H-pyrrole nitrogens is 3. The van der Waals surface area contributed by atoms with Crippen molar-refractivity contribution in [1.29, 1.82) is 0 Å². The van der Waals surface area contributed by atoms with Crippen LogP contribution in [0.15, 0.2) is 72.8 Å². The van der Waals surface area contributed by atoms with Gasteiger partial charge in [-0.25, -0.2) is 0 Å². The Morgan fingerprint density at radius 2 is 0.842 bits per heavy atom. The molecular weight excluding hydrogens is 727 g/mol. The maximum Gasteiger partial charge on any atom is 0.272 e. The van der Waals surface area contributed by atoms with Crippen LogP contribution in [-0.4, -0.2) is 127 Å². The molecule has 0 saturated heterocycles. The number of anilines is 2. The van der Waals surface area contributed by atoms with Gasteiger partial charge in [0.2, 0.25) is 0 Å². The van der Waals surface area contributed by atoms with Crippen molar-refractivity contribution in [2.45, 2.75) is 0 Å². The molecule has 17 nitrogen and oxygen atoms in total. The van der Waals surface area contributed by atoms with Gasteiger partial charge in [0, 0.05) is 128 Å². The Kier molecular flexibility index (Phi) is 13.7. The molecule has 0 saturated carbocycles. The Hall–Kier alpha value is -6.08. The highest BCUT2D eigenvalue weighted by atomic mass is 16.2. The largest absolute Gasteiger partial charge is 0.351 e. The molecule has 0 radical (unpaired) electrons. The van der Waals surface area contributed by atoms with Crippen molar-refractivity contribution in [3.8, 4) is 0 Å². The summed E-state index contributed by atoms with van der Waals surface area (Å²) in [6.07, 6.45) is 0. The van der Waals surface area contributed by atoms with Gasteiger partial charge in [0.05, 0.1) is 0 Å². The van der Waals surface area contributed by atoms with Crippen LogP contribution in [0.1, 0.15) is 41.8 Å². The highest BCUT2D eigenvalue weighted by Gasteiger charge is 2.16. The quantitative estimate of drug-likeness (QED) is 0.0532. The molecule has 6 rings (SSSR count). The minimum atomic E-state index is -0.363. The summed E-state index contributed by atoms with van der Waals surface area (Å²) in [5.41, 5.74) is 27.5. The summed E-state index contributed by atoms with van der Waals surface area (Å²) >= 11 is 0.